The number of piperidine rings is 1. The Hall–Kier alpha value is -1.60. The number of nitrogens with one attached hydrogen (secondary N) is 3. The van der Waals surface area contributed by atoms with Gasteiger partial charge in [0.25, 0.3) is 0 Å². The topological polar surface area (TPSA) is 82.3 Å². The number of hydrogen-bond acceptors (Lipinski definition) is 5. The summed E-state index contributed by atoms with van der Waals surface area (Å²) in [6, 6.07) is 0.581. The number of nitrogens with zero attached hydrogens (tertiary/aromatic N) is 2. The number of hydrogen-bond donors (Lipinski definition) is 3. The molecule has 1 fully saturated rings. The predicted molar refractivity (Wildman–Crippen MR) is 90.4 cm³/mol. The number of likely N-dealkylation sites (tertiary alicyclic amines) is 1. The maximum Gasteiger partial charge on any atom is 0.413 e. The molecule has 0 aliphatic carbocycles. The average Bonchev–Trinajstić information content (AvgIpc) is 2.86. The molecule has 7 heteroatoms. The SMILES string of the molecule is CN1CCCCC1CNCc1cn[nH]c1NC(=O)OC(C)(C)C. The molecule has 1 aromatic heterocycles. The highest BCUT2D eigenvalue weighted by Gasteiger charge is 2.20. The van der Waals surface area contributed by atoms with Crippen molar-refractivity contribution >= 4 is 11.9 Å². The zero-order valence-corrected chi connectivity index (χ0v) is 14.6. The maximum absolute atomic E-state index is 11.8. The van der Waals surface area contributed by atoms with Gasteiger partial charge < -0.3 is 15.0 Å². The fourth-order valence-electron chi connectivity index (χ4n) is 2.73. The highest BCUT2D eigenvalue weighted by molar-refractivity contribution is 5.84. The first-order chi connectivity index (χ1) is 10.8. The number of likely N-dealkylation sites (N-methyl/N-ethyl adjacent to an activating group) is 1. The van der Waals surface area contributed by atoms with E-state index in [2.05, 4.69) is 32.8 Å². The van der Waals surface area contributed by atoms with E-state index in [1.807, 2.05) is 20.8 Å². The normalized spacial score (nSPS) is 19.6. The molecule has 130 valence electrons. The van der Waals surface area contributed by atoms with Crippen LogP contribution in [-0.4, -0.2) is 53.0 Å². The van der Waals surface area contributed by atoms with Crippen molar-refractivity contribution in [2.45, 2.75) is 58.2 Å². The smallest absolute Gasteiger partial charge is 0.413 e. The Kier molecular flexibility index (Phi) is 6.01. The van der Waals surface area contributed by atoms with Crippen LogP contribution >= 0.6 is 0 Å². The van der Waals surface area contributed by atoms with Crippen LogP contribution < -0.4 is 10.6 Å². The van der Waals surface area contributed by atoms with Gasteiger partial charge in [0, 0.05) is 24.7 Å². The summed E-state index contributed by atoms with van der Waals surface area (Å²) in [5.41, 5.74) is 0.406. The van der Waals surface area contributed by atoms with Gasteiger partial charge in [-0.15, -0.1) is 0 Å². The molecule has 23 heavy (non-hydrogen) atoms. The highest BCUT2D eigenvalue weighted by atomic mass is 16.6. The molecule has 2 rings (SSSR count). The Morgan fingerprint density at radius 3 is 2.96 bits per heavy atom. The number of ether oxygens (including phenoxy) is 1. The van der Waals surface area contributed by atoms with Crippen LogP contribution in [0.1, 0.15) is 45.6 Å². The summed E-state index contributed by atoms with van der Waals surface area (Å²) in [7, 11) is 2.18. The Bertz CT molecular complexity index is 509. The molecule has 0 bridgehead atoms. The summed E-state index contributed by atoms with van der Waals surface area (Å²) in [5, 5.41) is 13.0. The van der Waals surface area contributed by atoms with Gasteiger partial charge in [0.1, 0.15) is 11.4 Å². The van der Waals surface area contributed by atoms with Gasteiger partial charge >= 0.3 is 6.09 Å². The second kappa shape index (κ2) is 7.79. The van der Waals surface area contributed by atoms with Crippen molar-refractivity contribution in [3.63, 3.8) is 0 Å². The second-order valence-electron chi connectivity index (χ2n) is 7.16. The third kappa shape index (κ3) is 5.84. The molecule has 2 heterocycles. The molecular formula is C16H29N5O2. The van der Waals surface area contributed by atoms with Crippen molar-refractivity contribution in [2.24, 2.45) is 0 Å². The molecule has 1 aliphatic heterocycles. The van der Waals surface area contributed by atoms with E-state index < -0.39 is 11.7 Å². The maximum atomic E-state index is 11.8. The number of H-pyrrole nitrogens is 1. The van der Waals surface area contributed by atoms with E-state index in [1.54, 1.807) is 6.20 Å². The van der Waals surface area contributed by atoms with Gasteiger partial charge in [0.15, 0.2) is 0 Å². The van der Waals surface area contributed by atoms with Gasteiger partial charge in [-0.3, -0.25) is 10.4 Å². The Balaban J connectivity index is 1.80. The number of aromatic amines is 1. The van der Waals surface area contributed by atoms with Crippen LogP contribution in [0.2, 0.25) is 0 Å². The number of carbonyl (C=O) groups excluding carboxylic acids is 1. The summed E-state index contributed by atoms with van der Waals surface area (Å²) in [5.74, 6) is 0.587. The number of anilines is 1. The fourth-order valence-corrected chi connectivity index (χ4v) is 2.73. The standard InChI is InChI=1S/C16H29N5O2/c1-16(2,3)23-15(22)19-14-12(10-18-20-14)9-17-11-13-7-5-6-8-21(13)4/h10,13,17H,5-9,11H2,1-4H3,(H2,18,19,20,22). The van der Waals surface area contributed by atoms with E-state index >= 15 is 0 Å². The first-order valence-electron chi connectivity index (χ1n) is 8.28. The minimum atomic E-state index is -0.520. The van der Waals surface area contributed by atoms with Crippen molar-refractivity contribution in [1.82, 2.24) is 20.4 Å². The van der Waals surface area contributed by atoms with Gasteiger partial charge in [-0.05, 0) is 47.2 Å². The van der Waals surface area contributed by atoms with Crippen molar-refractivity contribution < 1.29 is 9.53 Å². The summed E-state index contributed by atoms with van der Waals surface area (Å²) in [4.78, 5) is 14.2. The molecule has 0 spiro atoms. The highest BCUT2D eigenvalue weighted by Crippen LogP contribution is 2.16. The van der Waals surface area contributed by atoms with Crippen LogP contribution in [-0.2, 0) is 11.3 Å². The summed E-state index contributed by atoms with van der Waals surface area (Å²) < 4.78 is 5.25. The molecule has 1 aliphatic rings. The van der Waals surface area contributed by atoms with Crippen LogP contribution in [0.4, 0.5) is 10.6 Å². The Morgan fingerprint density at radius 1 is 1.48 bits per heavy atom. The van der Waals surface area contributed by atoms with Crippen molar-refractivity contribution in [3.8, 4) is 0 Å². The van der Waals surface area contributed by atoms with Gasteiger partial charge in [-0.25, -0.2) is 4.79 Å². The lowest BCUT2D eigenvalue weighted by Gasteiger charge is -2.32. The minimum absolute atomic E-state index is 0.477. The predicted octanol–water partition coefficient (Wildman–Crippen LogP) is 2.33. The van der Waals surface area contributed by atoms with E-state index in [0.717, 1.165) is 12.1 Å². The van der Waals surface area contributed by atoms with Gasteiger partial charge in [-0.2, -0.15) is 5.10 Å². The molecule has 1 saturated heterocycles. The van der Waals surface area contributed by atoms with E-state index in [0.29, 0.717) is 18.4 Å². The average molecular weight is 323 g/mol. The third-order valence-corrected chi connectivity index (χ3v) is 3.96. The summed E-state index contributed by atoms with van der Waals surface area (Å²) in [6.07, 6.45) is 5.07. The fraction of sp³-hybridized carbons (Fsp3) is 0.750. The minimum Gasteiger partial charge on any atom is -0.444 e. The third-order valence-electron chi connectivity index (χ3n) is 3.96. The summed E-state index contributed by atoms with van der Waals surface area (Å²) >= 11 is 0. The van der Waals surface area contributed by atoms with Crippen LogP contribution in [0.3, 0.4) is 0 Å². The van der Waals surface area contributed by atoms with Crippen LogP contribution in [0.15, 0.2) is 6.20 Å². The molecule has 0 radical (unpaired) electrons. The van der Waals surface area contributed by atoms with Gasteiger partial charge in [-0.1, -0.05) is 6.42 Å². The molecule has 3 N–H and O–H groups in total. The lowest BCUT2D eigenvalue weighted by molar-refractivity contribution is 0.0635. The van der Waals surface area contributed by atoms with Crippen molar-refractivity contribution in [3.05, 3.63) is 11.8 Å². The first-order valence-corrected chi connectivity index (χ1v) is 8.28. The number of carbonyl (C=O) groups is 1. The van der Waals surface area contributed by atoms with Crippen LogP contribution in [0.25, 0.3) is 0 Å². The van der Waals surface area contributed by atoms with Crippen molar-refractivity contribution in [1.29, 1.82) is 0 Å². The number of rotatable bonds is 5. The molecular weight excluding hydrogens is 294 g/mol. The van der Waals surface area contributed by atoms with Crippen LogP contribution in [0.5, 0.6) is 0 Å². The number of amides is 1. The first kappa shape index (κ1) is 17.7. The molecule has 1 atom stereocenters. The molecule has 7 nitrogen and oxygen atoms in total. The molecule has 1 aromatic rings. The van der Waals surface area contributed by atoms with Gasteiger partial charge in [0.2, 0.25) is 0 Å². The zero-order chi connectivity index (χ0) is 16.9. The van der Waals surface area contributed by atoms with Crippen LogP contribution in [0, 0.1) is 0 Å². The van der Waals surface area contributed by atoms with E-state index in [4.69, 9.17) is 4.74 Å². The Morgan fingerprint density at radius 2 is 2.26 bits per heavy atom. The quantitative estimate of drug-likeness (QED) is 0.775. The monoisotopic (exact) mass is 323 g/mol. The Labute approximate surface area is 138 Å². The summed E-state index contributed by atoms with van der Waals surface area (Å²) in [6.45, 7) is 8.27. The lowest BCUT2D eigenvalue weighted by Crippen LogP contribution is -2.42. The van der Waals surface area contributed by atoms with E-state index in [1.165, 1.54) is 25.8 Å². The van der Waals surface area contributed by atoms with Crippen molar-refractivity contribution in [2.75, 3.05) is 25.5 Å². The van der Waals surface area contributed by atoms with Gasteiger partial charge in [0.05, 0.1) is 6.20 Å². The molecule has 0 aromatic carbocycles. The molecule has 0 saturated carbocycles. The van der Waals surface area contributed by atoms with E-state index in [9.17, 15) is 4.79 Å². The second-order valence-corrected chi connectivity index (χ2v) is 7.16. The molecule has 1 unspecified atom stereocenters. The number of aromatic nitrogens is 2. The van der Waals surface area contributed by atoms with E-state index in [-0.39, 0.29) is 0 Å². The lowest BCUT2D eigenvalue weighted by atomic mass is 10.0. The molecule has 1 amide bonds. The zero-order valence-electron chi connectivity index (χ0n) is 14.6. The largest absolute Gasteiger partial charge is 0.444 e.